The Kier molecular flexibility index (Phi) is 3.06. The molecule has 0 atom stereocenters. The highest BCUT2D eigenvalue weighted by atomic mass is 16.2. The number of hydrogen-bond acceptors (Lipinski definition) is 2. The summed E-state index contributed by atoms with van der Waals surface area (Å²) >= 11 is 0. The largest absolute Gasteiger partial charge is 0.352 e. The van der Waals surface area contributed by atoms with Gasteiger partial charge < -0.3 is 5.32 Å². The van der Waals surface area contributed by atoms with Crippen molar-refractivity contribution in [2.75, 3.05) is 0 Å². The highest BCUT2D eigenvalue weighted by Gasteiger charge is 2.05. The van der Waals surface area contributed by atoms with Gasteiger partial charge in [-0.05, 0) is 26.8 Å². The van der Waals surface area contributed by atoms with E-state index in [1.807, 2.05) is 26.8 Å². The first-order valence-corrected chi connectivity index (χ1v) is 4.37. The van der Waals surface area contributed by atoms with Gasteiger partial charge in [0.2, 0.25) is 5.91 Å². The molecule has 0 bridgehead atoms. The first-order chi connectivity index (χ1) is 6.09. The number of aryl methyl sites for hydroxylation is 1. The maximum atomic E-state index is 11.3. The Hall–Kier alpha value is -1.32. The van der Waals surface area contributed by atoms with E-state index in [1.165, 1.54) is 0 Å². The Labute approximate surface area is 77.9 Å². The van der Waals surface area contributed by atoms with Crippen LogP contribution >= 0.6 is 0 Å². The van der Waals surface area contributed by atoms with Gasteiger partial charge in [0, 0.05) is 17.9 Å². The van der Waals surface area contributed by atoms with Gasteiger partial charge in [-0.3, -0.25) is 9.48 Å². The van der Waals surface area contributed by atoms with Crippen molar-refractivity contribution >= 4 is 5.91 Å². The van der Waals surface area contributed by atoms with Crippen molar-refractivity contribution in [3.8, 4) is 0 Å². The van der Waals surface area contributed by atoms with Gasteiger partial charge in [0.05, 0.1) is 0 Å². The average molecular weight is 181 g/mol. The monoisotopic (exact) mass is 181 g/mol. The van der Waals surface area contributed by atoms with Gasteiger partial charge in [-0.15, -0.1) is 0 Å². The molecule has 0 radical (unpaired) electrons. The second-order valence-corrected chi connectivity index (χ2v) is 3.35. The summed E-state index contributed by atoms with van der Waals surface area (Å²) in [5, 5.41) is 6.83. The van der Waals surface area contributed by atoms with Crippen LogP contribution in [0.15, 0.2) is 12.3 Å². The standard InChI is InChI=1S/C9H15N3O/c1-7(2)11-9(13)6-12-8(3)4-5-10-12/h4-5,7H,6H2,1-3H3,(H,11,13). The summed E-state index contributed by atoms with van der Waals surface area (Å²) in [5.41, 5.74) is 0.999. The normalized spacial score (nSPS) is 10.5. The minimum Gasteiger partial charge on any atom is -0.352 e. The number of nitrogens with one attached hydrogen (secondary N) is 1. The molecular formula is C9H15N3O. The lowest BCUT2D eigenvalue weighted by Crippen LogP contribution is -2.33. The first-order valence-electron chi connectivity index (χ1n) is 4.37. The number of nitrogens with zero attached hydrogens (tertiary/aromatic N) is 2. The maximum Gasteiger partial charge on any atom is 0.241 e. The Morgan fingerprint density at radius 2 is 2.38 bits per heavy atom. The molecule has 0 aliphatic rings. The zero-order chi connectivity index (χ0) is 9.84. The predicted octanol–water partition coefficient (Wildman–Crippen LogP) is 0.716. The van der Waals surface area contributed by atoms with Gasteiger partial charge in [0.15, 0.2) is 0 Å². The lowest BCUT2D eigenvalue weighted by molar-refractivity contribution is -0.122. The third-order valence-corrected chi connectivity index (χ3v) is 1.67. The SMILES string of the molecule is Cc1ccnn1CC(=O)NC(C)C. The van der Waals surface area contributed by atoms with Crippen LogP contribution in [0, 0.1) is 6.92 Å². The Bertz CT molecular complexity index is 291. The molecule has 0 spiro atoms. The van der Waals surface area contributed by atoms with Crippen molar-refractivity contribution in [2.24, 2.45) is 0 Å². The maximum absolute atomic E-state index is 11.3. The van der Waals surface area contributed by atoms with Gasteiger partial charge in [-0.1, -0.05) is 0 Å². The second-order valence-electron chi connectivity index (χ2n) is 3.35. The van der Waals surface area contributed by atoms with E-state index in [9.17, 15) is 4.79 Å². The van der Waals surface area contributed by atoms with Crippen LogP contribution in [0.1, 0.15) is 19.5 Å². The van der Waals surface area contributed by atoms with Crippen LogP contribution < -0.4 is 5.32 Å². The van der Waals surface area contributed by atoms with Crippen LogP contribution in [-0.2, 0) is 11.3 Å². The van der Waals surface area contributed by atoms with E-state index in [0.29, 0.717) is 6.54 Å². The van der Waals surface area contributed by atoms with Crippen molar-refractivity contribution in [3.63, 3.8) is 0 Å². The number of aromatic nitrogens is 2. The van der Waals surface area contributed by atoms with Crippen molar-refractivity contribution in [1.29, 1.82) is 0 Å². The fraction of sp³-hybridized carbons (Fsp3) is 0.556. The van der Waals surface area contributed by atoms with Crippen molar-refractivity contribution < 1.29 is 4.79 Å². The smallest absolute Gasteiger partial charge is 0.241 e. The zero-order valence-electron chi connectivity index (χ0n) is 8.24. The molecule has 1 aromatic rings. The summed E-state index contributed by atoms with van der Waals surface area (Å²) in [4.78, 5) is 11.3. The molecule has 1 aromatic heterocycles. The third kappa shape index (κ3) is 2.89. The molecule has 72 valence electrons. The molecule has 1 amide bonds. The molecule has 0 unspecified atom stereocenters. The van der Waals surface area contributed by atoms with Gasteiger partial charge in [-0.25, -0.2) is 0 Å². The molecule has 1 N–H and O–H groups in total. The van der Waals surface area contributed by atoms with Crippen molar-refractivity contribution in [3.05, 3.63) is 18.0 Å². The highest BCUT2D eigenvalue weighted by molar-refractivity contribution is 5.75. The van der Waals surface area contributed by atoms with Crippen LogP contribution in [0.2, 0.25) is 0 Å². The summed E-state index contributed by atoms with van der Waals surface area (Å²) in [6.45, 7) is 6.11. The van der Waals surface area contributed by atoms with Crippen molar-refractivity contribution in [2.45, 2.75) is 33.4 Å². The molecule has 0 aromatic carbocycles. The summed E-state index contributed by atoms with van der Waals surface area (Å²) in [5.74, 6) is 0.00167. The quantitative estimate of drug-likeness (QED) is 0.746. The van der Waals surface area contributed by atoms with E-state index in [2.05, 4.69) is 10.4 Å². The number of hydrogen-bond donors (Lipinski definition) is 1. The van der Waals surface area contributed by atoms with E-state index in [0.717, 1.165) is 5.69 Å². The molecular weight excluding hydrogens is 166 g/mol. The van der Waals surface area contributed by atoms with Gasteiger partial charge in [0.1, 0.15) is 6.54 Å². The summed E-state index contributed by atoms with van der Waals surface area (Å²) in [7, 11) is 0. The van der Waals surface area contributed by atoms with Gasteiger partial charge >= 0.3 is 0 Å². The number of rotatable bonds is 3. The van der Waals surface area contributed by atoms with Crippen LogP contribution in [-0.4, -0.2) is 21.7 Å². The van der Waals surface area contributed by atoms with Gasteiger partial charge in [-0.2, -0.15) is 5.10 Å². The summed E-state index contributed by atoms with van der Waals surface area (Å²) < 4.78 is 1.68. The molecule has 0 saturated carbocycles. The third-order valence-electron chi connectivity index (χ3n) is 1.67. The average Bonchev–Trinajstić information content (AvgIpc) is 2.34. The fourth-order valence-electron chi connectivity index (χ4n) is 1.07. The molecule has 0 aliphatic carbocycles. The molecule has 0 saturated heterocycles. The van der Waals surface area contributed by atoms with Crippen LogP contribution in [0.3, 0.4) is 0 Å². The Morgan fingerprint density at radius 1 is 1.69 bits per heavy atom. The Balaban J connectivity index is 2.50. The molecule has 4 nitrogen and oxygen atoms in total. The van der Waals surface area contributed by atoms with Gasteiger partial charge in [0.25, 0.3) is 0 Å². The highest BCUT2D eigenvalue weighted by Crippen LogP contribution is 1.95. The fourth-order valence-corrected chi connectivity index (χ4v) is 1.07. The first kappa shape index (κ1) is 9.77. The topological polar surface area (TPSA) is 46.9 Å². The molecule has 1 heterocycles. The zero-order valence-corrected chi connectivity index (χ0v) is 8.24. The Morgan fingerprint density at radius 3 is 2.85 bits per heavy atom. The summed E-state index contributed by atoms with van der Waals surface area (Å²) in [6, 6.07) is 2.06. The second kappa shape index (κ2) is 4.07. The molecule has 0 aliphatic heterocycles. The minimum absolute atomic E-state index is 0.00167. The number of amides is 1. The van der Waals surface area contributed by atoms with E-state index in [-0.39, 0.29) is 11.9 Å². The lowest BCUT2D eigenvalue weighted by atomic mass is 10.4. The number of carbonyl (C=O) groups excluding carboxylic acids is 1. The predicted molar refractivity (Wildman–Crippen MR) is 50.2 cm³/mol. The molecule has 13 heavy (non-hydrogen) atoms. The minimum atomic E-state index is 0.00167. The van der Waals surface area contributed by atoms with Crippen molar-refractivity contribution in [1.82, 2.24) is 15.1 Å². The van der Waals surface area contributed by atoms with E-state index in [1.54, 1.807) is 10.9 Å². The van der Waals surface area contributed by atoms with E-state index >= 15 is 0 Å². The molecule has 1 rings (SSSR count). The summed E-state index contributed by atoms with van der Waals surface area (Å²) in [6.07, 6.45) is 1.69. The van der Waals surface area contributed by atoms with Crippen LogP contribution in [0.25, 0.3) is 0 Å². The number of carbonyl (C=O) groups is 1. The molecule has 0 fully saturated rings. The lowest BCUT2D eigenvalue weighted by Gasteiger charge is -2.08. The molecule has 4 heteroatoms. The van der Waals surface area contributed by atoms with Crippen LogP contribution in [0.4, 0.5) is 0 Å². The van der Waals surface area contributed by atoms with E-state index in [4.69, 9.17) is 0 Å². The van der Waals surface area contributed by atoms with Crippen LogP contribution in [0.5, 0.6) is 0 Å². The van der Waals surface area contributed by atoms with E-state index < -0.39 is 0 Å².